The summed E-state index contributed by atoms with van der Waals surface area (Å²) in [4.78, 5) is 4.37. The molecule has 1 aromatic rings. The number of nitrogens with one attached hydrogen (secondary N) is 1. The summed E-state index contributed by atoms with van der Waals surface area (Å²) in [5, 5.41) is 13.8. The number of hydrogen-bond acceptors (Lipinski definition) is 5. The van der Waals surface area contributed by atoms with Crippen LogP contribution in [0, 0.1) is 0 Å². The lowest BCUT2D eigenvalue weighted by Gasteiger charge is -2.40. The lowest BCUT2D eigenvalue weighted by atomic mass is 9.79. The Bertz CT molecular complexity index is 431. The highest BCUT2D eigenvalue weighted by molar-refractivity contribution is 5.40. The molecule has 0 unspecified atom stereocenters. The van der Waals surface area contributed by atoms with Crippen LogP contribution in [0.2, 0.25) is 0 Å². The van der Waals surface area contributed by atoms with Gasteiger partial charge in [-0.2, -0.15) is 0 Å². The standard InChI is InChI=1S/C14H20N2O3/c1-15-11-2-3-12(16-10-11)13(17)4-6-14(7-5-13)18-8-9-19-14/h2-3,10,15,17H,4-9H2,1H3. The van der Waals surface area contributed by atoms with Gasteiger partial charge < -0.3 is 19.9 Å². The van der Waals surface area contributed by atoms with Gasteiger partial charge in [0.05, 0.1) is 30.8 Å². The summed E-state index contributed by atoms with van der Waals surface area (Å²) in [5.41, 5.74) is 0.828. The molecule has 2 heterocycles. The number of nitrogens with zero attached hydrogens (tertiary/aromatic N) is 1. The Labute approximate surface area is 112 Å². The Hall–Kier alpha value is -1.17. The second-order valence-corrected chi connectivity index (χ2v) is 5.32. The first kappa shape index (κ1) is 12.8. The van der Waals surface area contributed by atoms with Crippen LogP contribution in [0.4, 0.5) is 5.69 Å². The Morgan fingerprint density at radius 2 is 1.84 bits per heavy atom. The molecular formula is C14H20N2O3. The zero-order valence-electron chi connectivity index (χ0n) is 11.2. The van der Waals surface area contributed by atoms with Crippen molar-refractivity contribution in [1.29, 1.82) is 0 Å². The minimum Gasteiger partial charge on any atom is -0.387 e. The summed E-state index contributed by atoms with van der Waals surface area (Å²) >= 11 is 0. The van der Waals surface area contributed by atoms with Crippen molar-refractivity contribution in [3.63, 3.8) is 0 Å². The van der Waals surface area contributed by atoms with E-state index in [1.807, 2.05) is 19.2 Å². The van der Waals surface area contributed by atoms with Crippen LogP contribution in [0.25, 0.3) is 0 Å². The van der Waals surface area contributed by atoms with Crippen molar-refractivity contribution in [3.8, 4) is 0 Å². The van der Waals surface area contributed by atoms with Crippen LogP contribution in [0.15, 0.2) is 18.3 Å². The molecule has 1 aliphatic heterocycles. The van der Waals surface area contributed by atoms with E-state index in [1.165, 1.54) is 0 Å². The summed E-state index contributed by atoms with van der Waals surface area (Å²) in [6, 6.07) is 3.83. The van der Waals surface area contributed by atoms with Crippen molar-refractivity contribution in [2.24, 2.45) is 0 Å². The Morgan fingerprint density at radius 1 is 1.16 bits per heavy atom. The fourth-order valence-corrected chi connectivity index (χ4v) is 2.90. The second kappa shape index (κ2) is 4.74. The van der Waals surface area contributed by atoms with Gasteiger partial charge in [-0.15, -0.1) is 0 Å². The van der Waals surface area contributed by atoms with Gasteiger partial charge in [0.25, 0.3) is 0 Å². The molecule has 3 rings (SSSR count). The van der Waals surface area contributed by atoms with Crippen LogP contribution in [-0.4, -0.2) is 36.1 Å². The van der Waals surface area contributed by atoms with Crippen molar-refractivity contribution >= 4 is 5.69 Å². The van der Waals surface area contributed by atoms with Gasteiger partial charge in [-0.05, 0) is 25.0 Å². The van der Waals surface area contributed by atoms with Gasteiger partial charge >= 0.3 is 0 Å². The quantitative estimate of drug-likeness (QED) is 0.850. The first-order chi connectivity index (χ1) is 9.16. The molecule has 1 spiro atoms. The summed E-state index contributed by atoms with van der Waals surface area (Å²) in [6.07, 6.45) is 4.44. The first-order valence-electron chi connectivity index (χ1n) is 6.80. The third-order valence-electron chi connectivity index (χ3n) is 4.18. The summed E-state index contributed by atoms with van der Waals surface area (Å²) in [5.74, 6) is -0.447. The zero-order valence-corrected chi connectivity index (χ0v) is 11.2. The van der Waals surface area contributed by atoms with E-state index < -0.39 is 11.4 Å². The molecule has 0 radical (unpaired) electrons. The molecule has 0 atom stereocenters. The fraction of sp³-hybridized carbons (Fsp3) is 0.643. The average molecular weight is 264 g/mol. The summed E-state index contributed by atoms with van der Waals surface area (Å²) in [7, 11) is 1.85. The van der Waals surface area contributed by atoms with Crippen molar-refractivity contribution < 1.29 is 14.6 Å². The predicted molar refractivity (Wildman–Crippen MR) is 70.8 cm³/mol. The smallest absolute Gasteiger partial charge is 0.168 e. The van der Waals surface area contributed by atoms with E-state index in [0.29, 0.717) is 26.1 Å². The van der Waals surface area contributed by atoms with Crippen LogP contribution >= 0.6 is 0 Å². The monoisotopic (exact) mass is 264 g/mol. The molecule has 2 N–H and O–H groups in total. The van der Waals surface area contributed by atoms with Gasteiger partial charge in [-0.25, -0.2) is 0 Å². The molecule has 1 aliphatic carbocycles. The molecule has 5 nitrogen and oxygen atoms in total. The summed E-state index contributed by atoms with van der Waals surface area (Å²) in [6.45, 7) is 1.32. The van der Waals surface area contributed by atoms with Crippen molar-refractivity contribution in [3.05, 3.63) is 24.0 Å². The lowest BCUT2D eigenvalue weighted by molar-refractivity contribution is -0.204. The van der Waals surface area contributed by atoms with E-state index in [9.17, 15) is 5.11 Å². The molecule has 1 aromatic heterocycles. The maximum Gasteiger partial charge on any atom is 0.168 e. The van der Waals surface area contributed by atoms with Crippen molar-refractivity contribution in [2.75, 3.05) is 25.6 Å². The largest absolute Gasteiger partial charge is 0.387 e. The predicted octanol–water partition coefficient (Wildman–Crippen LogP) is 1.63. The fourth-order valence-electron chi connectivity index (χ4n) is 2.90. The van der Waals surface area contributed by atoms with Crippen LogP contribution in [0.1, 0.15) is 31.4 Å². The SMILES string of the molecule is CNc1ccc(C2(O)CCC3(CC2)OCCO3)nc1. The molecular weight excluding hydrogens is 244 g/mol. The highest BCUT2D eigenvalue weighted by Crippen LogP contribution is 2.44. The van der Waals surface area contributed by atoms with E-state index >= 15 is 0 Å². The normalized spacial score (nSPS) is 24.5. The number of anilines is 1. The number of rotatable bonds is 2. The maximum absolute atomic E-state index is 10.8. The Morgan fingerprint density at radius 3 is 2.37 bits per heavy atom. The molecule has 5 heteroatoms. The van der Waals surface area contributed by atoms with Crippen LogP contribution in [0.3, 0.4) is 0 Å². The number of pyridine rings is 1. The minimum absolute atomic E-state index is 0.447. The molecule has 0 amide bonds. The first-order valence-corrected chi connectivity index (χ1v) is 6.80. The van der Waals surface area contributed by atoms with Crippen molar-refractivity contribution in [2.45, 2.75) is 37.1 Å². The highest BCUT2D eigenvalue weighted by atomic mass is 16.7. The molecule has 0 aromatic carbocycles. The lowest BCUT2D eigenvalue weighted by Crippen LogP contribution is -2.42. The van der Waals surface area contributed by atoms with Crippen LogP contribution in [-0.2, 0) is 15.1 Å². The average Bonchev–Trinajstić information content (AvgIpc) is 2.92. The molecule has 0 bridgehead atoms. The van der Waals surface area contributed by atoms with Gasteiger partial charge in [-0.3, -0.25) is 4.98 Å². The number of ether oxygens (including phenoxy) is 2. The Kier molecular flexibility index (Phi) is 3.20. The molecule has 2 fully saturated rings. The minimum atomic E-state index is -0.854. The molecule has 104 valence electrons. The molecule has 1 saturated carbocycles. The van der Waals surface area contributed by atoms with Crippen LogP contribution < -0.4 is 5.32 Å². The second-order valence-electron chi connectivity index (χ2n) is 5.32. The van der Waals surface area contributed by atoms with Crippen molar-refractivity contribution in [1.82, 2.24) is 4.98 Å². The van der Waals surface area contributed by atoms with Gasteiger partial charge in [0, 0.05) is 19.9 Å². The third kappa shape index (κ3) is 2.33. The molecule has 2 aliphatic rings. The van der Waals surface area contributed by atoms with E-state index in [1.54, 1.807) is 6.20 Å². The van der Waals surface area contributed by atoms with Gasteiger partial charge in [0.2, 0.25) is 0 Å². The molecule has 19 heavy (non-hydrogen) atoms. The number of aromatic nitrogens is 1. The molecule has 1 saturated heterocycles. The Balaban J connectivity index is 1.73. The van der Waals surface area contributed by atoms with E-state index in [2.05, 4.69) is 10.3 Å². The maximum atomic E-state index is 10.8. The van der Waals surface area contributed by atoms with E-state index in [-0.39, 0.29) is 0 Å². The number of hydrogen-bond donors (Lipinski definition) is 2. The van der Waals surface area contributed by atoms with Crippen LogP contribution in [0.5, 0.6) is 0 Å². The van der Waals surface area contributed by atoms with E-state index in [0.717, 1.165) is 24.2 Å². The van der Waals surface area contributed by atoms with Gasteiger partial charge in [-0.1, -0.05) is 0 Å². The number of aliphatic hydroxyl groups is 1. The van der Waals surface area contributed by atoms with Gasteiger partial charge in [0.15, 0.2) is 5.79 Å². The topological polar surface area (TPSA) is 63.6 Å². The zero-order chi connectivity index (χ0) is 13.3. The van der Waals surface area contributed by atoms with E-state index in [4.69, 9.17) is 9.47 Å². The summed E-state index contributed by atoms with van der Waals surface area (Å²) < 4.78 is 11.4. The highest BCUT2D eigenvalue weighted by Gasteiger charge is 2.46. The van der Waals surface area contributed by atoms with Gasteiger partial charge in [0.1, 0.15) is 5.60 Å². The third-order valence-corrected chi connectivity index (χ3v) is 4.18.